The number of rotatable bonds is 9. The molecule has 1 atom stereocenters. The Morgan fingerprint density at radius 2 is 1.97 bits per heavy atom. The topological polar surface area (TPSA) is 104 Å². The molecule has 154 valence electrons. The Balaban J connectivity index is 1.72. The van der Waals surface area contributed by atoms with Crippen molar-refractivity contribution in [2.24, 2.45) is 0 Å². The predicted molar refractivity (Wildman–Crippen MR) is 109 cm³/mol. The van der Waals surface area contributed by atoms with Gasteiger partial charge in [-0.05, 0) is 48.2 Å². The number of aromatic amines is 1. The molecule has 0 bridgehead atoms. The van der Waals surface area contributed by atoms with Crippen LogP contribution in [0.15, 0.2) is 48.8 Å². The first-order valence-corrected chi connectivity index (χ1v) is 11.0. The molecule has 9 heteroatoms. The number of hydrogen-bond donors (Lipinski definition) is 3. The maximum Gasteiger partial charge on any atom is 0.238 e. The predicted octanol–water partition coefficient (Wildman–Crippen LogP) is 2.26. The summed E-state index contributed by atoms with van der Waals surface area (Å²) < 4.78 is 40.0. The summed E-state index contributed by atoms with van der Waals surface area (Å²) in [6, 6.07) is 8.41. The fraction of sp³-hybridized carbons (Fsp3) is 0.300. The van der Waals surface area contributed by atoms with Gasteiger partial charge >= 0.3 is 0 Å². The second kappa shape index (κ2) is 9.15. The molecule has 0 fully saturated rings. The van der Waals surface area contributed by atoms with Gasteiger partial charge in [-0.2, -0.15) is 0 Å². The summed E-state index contributed by atoms with van der Waals surface area (Å²) in [4.78, 5) is 20.0. The van der Waals surface area contributed by atoms with Gasteiger partial charge in [0.15, 0.2) is 0 Å². The van der Waals surface area contributed by atoms with E-state index in [9.17, 15) is 17.6 Å². The molecule has 0 spiro atoms. The highest BCUT2D eigenvalue weighted by Crippen LogP contribution is 2.12. The molecule has 3 rings (SSSR count). The summed E-state index contributed by atoms with van der Waals surface area (Å²) in [5, 5.41) is 3.68. The van der Waals surface area contributed by atoms with Gasteiger partial charge in [-0.1, -0.05) is 19.1 Å². The van der Waals surface area contributed by atoms with Crippen LogP contribution in [-0.2, 0) is 27.8 Å². The fourth-order valence-corrected chi connectivity index (χ4v) is 4.26. The molecule has 1 amide bonds. The standard InChI is InChI=1S/C20H23FN4O3S/c1-2-9-29(27,28)25-18(11-14-3-5-17(21)6-4-14)20(26)24-13-15-10-16-7-8-22-19(16)23-12-15/h3-8,10,12,18,25H,2,9,11,13H2,1H3,(H,22,23)(H,24,26)/t18-/m0/s1. The molecule has 0 aliphatic carbocycles. The van der Waals surface area contributed by atoms with Crippen molar-refractivity contribution in [3.05, 3.63) is 65.7 Å². The SMILES string of the molecule is CCCS(=O)(=O)N[C@@H](Cc1ccc(F)cc1)C(=O)NCc1cnc2[nH]ccc2c1. The second-order valence-corrected chi connectivity index (χ2v) is 8.67. The number of sulfonamides is 1. The average molecular weight is 418 g/mol. The lowest BCUT2D eigenvalue weighted by Crippen LogP contribution is -2.48. The second-order valence-electron chi connectivity index (χ2n) is 6.80. The van der Waals surface area contributed by atoms with Crippen LogP contribution in [0.1, 0.15) is 24.5 Å². The maximum absolute atomic E-state index is 13.2. The zero-order chi connectivity index (χ0) is 20.9. The number of hydrogen-bond acceptors (Lipinski definition) is 4. The van der Waals surface area contributed by atoms with Crippen molar-refractivity contribution in [1.82, 2.24) is 20.0 Å². The number of amides is 1. The van der Waals surface area contributed by atoms with E-state index in [1.165, 1.54) is 24.3 Å². The Labute approximate surface area is 168 Å². The number of aromatic nitrogens is 2. The van der Waals surface area contributed by atoms with E-state index in [0.717, 1.165) is 16.6 Å². The van der Waals surface area contributed by atoms with Gasteiger partial charge in [-0.3, -0.25) is 4.79 Å². The van der Waals surface area contributed by atoms with Crippen molar-refractivity contribution in [2.45, 2.75) is 32.4 Å². The van der Waals surface area contributed by atoms with Crippen molar-refractivity contribution in [3.8, 4) is 0 Å². The Morgan fingerprint density at radius 3 is 2.69 bits per heavy atom. The van der Waals surface area contributed by atoms with Crippen molar-refractivity contribution in [3.63, 3.8) is 0 Å². The normalized spacial score (nSPS) is 12.8. The Kier molecular flexibility index (Phi) is 6.60. The van der Waals surface area contributed by atoms with Crippen molar-refractivity contribution >= 4 is 27.0 Å². The first-order chi connectivity index (χ1) is 13.9. The number of halogens is 1. The molecule has 0 radical (unpaired) electrons. The van der Waals surface area contributed by atoms with E-state index in [1.54, 1.807) is 19.3 Å². The van der Waals surface area contributed by atoms with Crippen LogP contribution in [0.25, 0.3) is 11.0 Å². The summed E-state index contributed by atoms with van der Waals surface area (Å²) in [5.41, 5.74) is 2.20. The minimum atomic E-state index is -3.61. The number of nitrogens with one attached hydrogen (secondary N) is 3. The van der Waals surface area contributed by atoms with Crippen molar-refractivity contribution in [1.29, 1.82) is 0 Å². The lowest BCUT2D eigenvalue weighted by atomic mass is 10.1. The van der Waals surface area contributed by atoms with Crippen LogP contribution in [0.3, 0.4) is 0 Å². The molecule has 2 heterocycles. The van der Waals surface area contributed by atoms with Gasteiger partial charge in [-0.15, -0.1) is 0 Å². The van der Waals surface area contributed by atoms with Crippen molar-refractivity contribution in [2.75, 3.05) is 5.75 Å². The highest BCUT2D eigenvalue weighted by atomic mass is 32.2. The summed E-state index contributed by atoms with van der Waals surface area (Å²) >= 11 is 0. The molecule has 0 aliphatic heterocycles. The van der Waals surface area contributed by atoms with Crippen LogP contribution in [0, 0.1) is 5.82 Å². The molecule has 3 N–H and O–H groups in total. The largest absolute Gasteiger partial charge is 0.351 e. The van der Waals surface area contributed by atoms with Gasteiger partial charge in [0.2, 0.25) is 15.9 Å². The molecule has 0 aliphatic rings. The molecule has 3 aromatic rings. The summed E-state index contributed by atoms with van der Waals surface area (Å²) in [7, 11) is -3.61. The maximum atomic E-state index is 13.2. The van der Waals surface area contributed by atoms with Gasteiger partial charge < -0.3 is 10.3 Å². The van der Waals surface area contributed by atoms with Gasteiger partial charge in [0.25, 0.3) is 0 Å². The number of nitrogens with zero attached hydrogens (tertiary/aromatic N) is 1. The summed E-state index contributed by atoms with van der Waals surface area (Å²) in [6.45, 7) is 1.96. The van der Waals surface area contributed by atoms with Crippen LogP contribution in [-0.4, -0.2) is 36.1 Å². The first kappa shape index (κ1) is 20.9. The van der Waals surface area contributed by atoms with Crippen LogP contribution >= 0.6 is 0 Å². The van der Waals surface area contributed by atoms with Crippen LogP contribution in [0.4, 0.5) is 4.39 Å². The number of H-pyrrole nitrogens is 1. The third-order valence-electron chi connectivity index (χ3n) is 4.39. The Hall–Kier alpha value is -2.78. The van der Waals surface area contributed by atoms with E-state index in [1.807, 2.05) is 12.1 Å². The smallest absolute Gasteiger partial charge is 0.238 e. The molecule has 0 saturated heterocycles. The zero-order valence-electron chi connectivity index (χ0n) is 16.0. The molecular formula is C20H23FN4O3S. The molecule has 0 unspecified atom stereocenters. The lowest BCUT2D eigenvalue weighted by Gasteiger charge is -2.18. The third kappa shape index (κ3) is 5.85. The van der Waals surface area contributed by atoms with E-state index < -0.39 is 27.8 Å². The molecule has 29 heavy (non-hydrogen) atoms. The highest BCUT2D eigenvalue weighted by molar-refractivity contribution is 7.89. The number of carbonyl (C=O) groups excluding carboxylic acids is 1. The molecule has 7 nitrogen and oxygen atoms in total. The van der Waals surface area contributed by atoms with Gasteiger partial charge in [-0.25, -0.2) is 22.5 Å². The van der Waals surface area contributed by atoms with Crippen LogP contribution in [0.5, 0.6) is 0 Å². The number of benzene rings is 1. The highest BCUT2D eigenvalue weighted by Gasteiger charge is 2.24. The van der Waals surface area contributed by atoms with Crippen molar-refractivity contribution < 1.29 is 17.6 Å². The number of carbonyl (C=O) groups is 1. The molecular weight excluding hydrogens is 395 g/mol. The van der Waals surface area contributed by atoms with Gasteiger partial charge in [0, 0.05) is 24.3 Å². The minimum Gasteiger partial charge on any atom is -0.351 e. The van der Waals surface area contributed by atoms with E-state index in [0.29, 0.717) is 12.0 Å². The van der Waals surface area contributed by atoms with E-state index in [4.69, 9.17) is 0 Å². The number of fused-ring (bicyclic) bond motifs is 1. The average Bonchev–Trinajstić information content (AvgIpc) is 3.15. The van der Waals surface area contributed by atoms with Gasteiger partial charge in [0.05, 0.1) is 5.75 Å². The molecule has 2 aromatic heterocycles. The van der Waals surface area contributed by atoms with Crippen LogP contribution < -0.4 is 10.0 Å². The Bertz CT molecular complexity index is 1080. The van der Waals surface area contributed by atoms with Gasteiger partial charge in [0.1, 0.15) is 17.5 Å². The number of pyridine rings is 1. The Morgan fingerprint density at radius 1 is 1.21 bits per heavy atom. The molecule has 0 saturated carbocycles. The summed E-state index contributed by atoms with van der Waals surface area (Å²) in [5.74, 6) is -0.925. The lowest BCUT2D eigenvalue weighted by molar-refractivity contribution is -0.122. The summed E-state index contributed by atoms with van der Waals surface area (Å²) in [6.07, 6.45) is 3.98. The minimum absolute atomic E-state index is 0.0751. The quantitative estimate of drug-likeness (QED) is 0.496. The van der Waals surface area contributed by atoms with E-state index in [2.05, 4.69) is 20.0 Å². The monoisotopic (exact) mass is 418 g/mol. The van der Waals surface area contributed by atoms with E-state index in [-0.39, 0.29) is 18.7 Å². The van der Waals surface area contributed by atoms with Crippen LogP contribution in [0.2, 0.25) is 0 Å². The third-order valence-corrected chi connectivity index (χ3v) is 5.98. The first-order valence-electron chi connectivity index (χ1n) is 9.30. The zero-order valence-corrected chi connectivity index (χ0v) is 16.8. The fourth-order valence-electron chi connectivity index (χ4n) is 2.98. The van der Waals surface area contributed by atoms with E-state index >= 15 is 0 Å². The molecule has 1 aromatic carbocycles.